The van der Waals surface area contributed by atoms with Crippen molar-refractivity contribution in [2.45, 2.75) is 5.33 Å². The summed E-state index contributed by atoms with van der Waals surface area (Å²) < 4.78 is 2.17. The Morgan fingerprint density at radius 3 is 2.50 bits per heavy atom. The van der Waals surface area contributed by atoms with Gasteiger partial charge in [-0.2, -0.15) is 0 Å². The summed E-state index contributed by atoms with van der Waals surface area (Å²) in [6.45, 7) is 0. The van der Waals surface area contributed by atoms with Crippen molar-refractivity contribution in [3.63, 3.8) is 0 Å². The van der Waals surface area contributed by atoms with Gasteiger partial charge in [0.05, 0.1) is 15.2 Å². The molecule has 0 radical (unpaired) electrons. The normalized spacial score (nSPS) is 10.7. The lowest BCUT2D eigenvalue weighted by atomic mass is 10.2. The summed E-state index contributed by atoms with van der Waals surface area (Å²) in [5.74, 6) is 0. The number of alkyl halides is 1. The summed E-state index contributed by atoms with van der Waals surface area (Å²) in [7, 11) is 4.06. The first kappa shape index (κ1) is 14.5. The summed E-state index contributed by atoms with van der Waals surface area (Å²) in [6, 6.07) is 6.31. The summed E-state index contributed by atoms with van der Waals surface area (Å²) in [4.78, 5) is 6.68. The van der Waals surface area contributed by atoms with Crippen LogP contribution in [0.4, 0.5) is 5.69 Å². The van der Waals surface area contributed by atoms with Crippen molar-refractivity contribution < 1.29 is 0 Å². The number of nitrogens with zero attached hydrogens (tertiary/aromatic N) is 2. The number of anilines is 1. The lowest BCUT2D eigenvalue weighted by Gasteiger charge is -2.14. The first-order valence-corrected chi connectivity index (χ1v) is 8.73. The highest BCUT2D eigenvalue weighted by Crippen LogP contribution is 2.36. The van der Waals surface area contributed by atoms with E-state index in [4.69, 9.17) is 0 Å². The molecule has 1 heterocycles. The minimum absolute atomic E-state index is 0.765. The van der Waals surface area contributed by atoms with Crippen molar-refractivity contribution in [2.24, 2.45) is 0 Å². The molecule has 0 saturated carbocycles. The van der Waals surface area contributed by atoms with Gasteiger partial charge >= 0.3 is 0 Å². The fourth-order valence-electron chi connectivity index (χ4n) is 1.54. The Balaban J connectivity index is 2.42. The molecule has 0 saturated heterocycles. The van der Waals surface area contributed by atoms with Crippen molar-refractivity contribution in [3.05, 3.63) is 32.2 Å². The van der Waals surface area contributed by atoms with Gasteiger partial charge in [-0.3, -0.25) is 0 Å². The standard InChI is InChI=1S/C12H11Br3N2S/c1-17(2)10-4-3-7(5-8(10)14)12-16-9(6-13)11(15)18-12/h3-5H,6H2,1-2H3. The topological polar surface area (TPSA) is 16.1 Å². The van der Waals surface area contributed by atoms with Gasteiger partial charge in [-0.1, -0.05) is 15.9 Å². The molecular formula is C12H11Br3N2S. The van der Waals surface area contributed by atoms with Crippen LogP contribution in [-0.2, 0) is 5.33 Å². The summed E-state index contributed by atoms with van der Waals surface area (Å²) in [5.41, 5.74) is 3.34. The van der Waals surface area contributed by atoms with Crippen LogP contribution in [0.3, 0.4) is 0 Å². The molecule has 1 aromatic carbocycles. The van der Waals surface area contributed by atoms with Crippen molar-refractivity contribution in [3.8, 4) is 10.6 Å². The molecule has 0 N–H and O–H groups in total. The van der Waals surface area contributed by atoms with E-state index in [9.17, 15) is 0 Å². The molecular weight excluding hydrogens is 444 g/mol. The second-order valence-electron chi connectivity index (χ2n) is 3.93. The third-order valence-corrected chi connectivity index (χ3v) is 5.50. The zero-order valence-corrected chi connectivity index (χ0v) is 15.5. The maximum Gasteiger partial charge on any atom is 0.124 e. The molecule has 6 heteroatoms. The fraction of sp³-hybridized carbons (Fsp3) is 0.250. The number of thiazole rings is 1. The number of aromatic nitrogens is 1. The maximum atomic E-state index is 4.60. The van der Waals surface area contributed by atoms with Gasteiger partial charge in [-0.25, -0.2) is 4.98 Å². The Kier molecular flexibility index (Phi) is 4.86. The molecule has 1 aromatic heterocycles. The average molecular weight is 455 g/mol. The van der Waals surface area contributed by atoms with Crippen molar-refractivity contribution in [2.75, 3.05) is 19.0 Å². The van der Waals surface area contributed by atoms with Crippen LogP contribution in [0.15, 0.2) is 26.5 Å². The second kappa shape index (κ2) is 6.03. The van der Waals surface area contributed by atoms with Gasteiger partial charge in [0.1, 0.15) is 5.01 Å². The Hall–Kier alpha value is 0.0900. The molecule has 2 rings (SSSR count). The average Bonchev–Trinajstić information content (AvgIpc) is 2.70. The lowest BCUT2D eigenvalue weighted by Crippen LogP contribution is -2.09. The van der Waals surface area contributed by atoms with Gasteiger partial charge in [-0.15, -0.1) is 11.3 Å². The molecule has 96 valence electrons. The number of benzene rings is 1. The Bertz CT molecular complexity index is 566. The molecule has 0 bridgehead atoms. The summed E-state index contributed by atoms with van der Waals surface area (Å²) in [6.07, 6.45) is 0. The third kappa shape index (κ3) is 2.98. The molecule has 18 heavy (non-hydrogen) atoms. The molecule has 0 aliphatic heterocycles. The fourth-order valence-corrected chi connectivity index (χ4v) is 4.74. The lowest BCUT2D eigenvalue weighted by molar-refractivity contribution is 1.12. The maximum absolute atomic E-state index is 4.60. The smallest absolute Gasteiger partial charge is 0.124 e. The Morgan fingerprint density at radius 2 is 2.00 bits per heavy atom. The van der Waals surface area contributed by atoms with E-state index in [0.717, 1.165) is 35.5 Å². The summed E-state index contributed by atoms with van der Waals surface area (Å²) >= 11 is 12.2. The van der Waals surface area contributed by atoms with Gasteiger partial charge in [-0.05, 0) is 50.1 Å². The molecule has 2 nitrogen and oxygen atoms in total. The van der Waals surface area contributed by atoms with Crippen molar-refractivity contribution in [1.29, 1.82) is 0 Å². The van der Waals surface area contributed by atoms with Crippen LogP contribution in [0.5, 0.6) is 0 Å². The Morgan fingerprint density at radius 1 is 1.28 bits per heavy atom. The van der Waals surface area contributed by atoms with Gasteiger partial charge in [0, 0.05) is 29.5 Å². The molecule has 2 aromatic rings. The zero-order chi connectivity index (χ0) is 13.3. The Labute approximate surface area is 136 Å². The van der Waals surface area contributed by atoms with Crippen LogP contribution in [0.1, 0.15) is 5.69 Å². The van der Waals surface area contributed by atoms with E-state index in [1.807, 2.05) is 14.1 Å². The van der Waals surface area contributed by atoms with Crippen LogP contribution < -0.4 is 4.90 Å². The SMILES string of the molecule is CN(C)c1ccc(-c2nc(CBr)c(Br)s2)cc1Br. The van der Waals surface area contributed by atoms with E-state index in [2.05, 4.69) is 75.9 Å². The van der Waals surface area contributed by atoms with Crippen LogP contribution in [0, 0.1) is 0 Å². The summed E-state index contributed by atoms with van der Waals surface area (Å²) in [5, 5.41) is 1.79. The van der Waals surface area contributed by atoms with E-state index in [1.165, 1.54) is 0 Å². The van der Waals surface area contributed by atoms with Crippen molar-refractivity contribution in [1.82, 2.24) is 4.98 Å². The van der Waals surface area contributed by atoms with E-state index in [-0.39, 0.29) is 0 Å². The van der Waals surface area contributed by atoms with Crippen LogP contribution in [0.2, 0.25) is 0 Å². The van der Waals surface area contributed by atoms with E-state index in [0.29, 0.717) is 0 Å². The zero-order valence-electron chi connectivity index (χ0n) is 9.88. The quantitative estimate of drug-likeness (QED) is 0.585. The number of hydrogen-bond acceptors (Lipinski definition) is 3. The predicted octanol–water partition coefficient (Wildman–Crippen LogP) is 5.30. The highest BCUT2D eigenvalue weighted by molar-refractivity contribution is 9.11. The third-order valence-electron chi connectivity index (χ3n) is 2.45. The van der Waals surface area contributed by atoms with E-state index in [1.54, 1.807) is 11.3 Å². The number of halogens is 3. The minimum atomic E-state index is 0.765. The molecule has 0 unspecified atom stereocenters. The molecule has 0 atom stereocenters. The van der Waals surface area contributed by atoms with Gasteiger partial charge in [0.25, 0.3) is 0 Å². The first-order chi connectivity index (χ1) is 8.52. The van der Waals surface area contributed by atoms with Crippen molar-refractivity contribution >= 4 is 64.8 Å². The number of rotatable bonds is 3. The second-order valence-corrected chi connectivity index (χ2v) is 7.67. The van der Waals surface area contributed by atoms with Crippen LogP contribution in [0.25, 0.3) is 10.6 Å². The van der Waals surface area contributed by atoms with Gasteiger partial charge in [0.15, 0.2) is 0 Å². The van der Waals surface area contributed by atoms with Crippen LogP contribution >= 0.6 is 59.1 Å². The molecule has 0 spiro atoms. The highest BCUT2D eigenvalue weighted by atomic mass is 79.9. The molecule has 0 fully saturated rings. The monoisotopic (exact) mass is 452 g/mol. The highest BCUT2D eigenvalue weighted by Gasteiger charge is 2.11. The number of hydrogen-bond donors (Lipinski definition) is 0. The first-order valence-electron chi connectivity index (χ1n) is 5.21. The predicted molar refractivity (Wildman–Crippen MR) is 89.9 cm³/mol. The minimum Gasteiger partial charge on any atom is -0.377 e. The van der Waals surface area contributed by atoms with E-state index < -0.39 is 0 Å². The molecule has 0 amide bonds. The molecule has 0 aliphatic rings. The molecule has 0 aliphatic carbocycles. The largest absolute Gasteiger partial charge is 0.377 e. The van der Waals surface area contributed by atoms with E-state index >= 15 is 0 Å². The van der Waals surface area contributed by atoms with Crippen LogP contribution in [-0.4, -0.2) is 19.1 Å². The van der Waals surface area contributed by atoms with Gasteiger partial charge in [0.2, 0.25) is 0 Å². The van der Waals surface area contributed by atoms with Gasteiger partial charge < -0.3 is 4.90 Å².